The van der Waals surface area contributed by atoms with E-state index in [1.54, 1.807) is 30.3 Å². The van der Waals surface area contributed by atoms with Gasteiger partial charge in [-0.3, -0.25) is 9.69 Å². The molecule has 1 heterocycles. The van der Waals surface area contributed by atoms with Crippen molar-refractivity contribution in [2.24, 2.45) is 5.92 Å². The van der Waals surface area contributed by atoms with Crippen LogP contribution in [-0.2, 0) is 39.7 Å². The molecule has 4 nitrogen and oxygen atoms in total. The van der Waals surface area contributed by atoms with Crippen molar-refractivity contribution in [1.82, 2.24) is 4.90 Å². The number of carbonyl (C=O) groups is 2. The fourth-order valence-corrected chi connectivity index (χ4v) is 4.89. The lowest BCUT2D eigenvalue weighted by atomic mass is 9.88. The van der Waals surface area contributed by atoms with Gasteiger partial charge in [-0.15, -0.1) is 0 Å². The Balaban J connectivity index is 1.47. The van der Waals surface area contributed by atoms with E-state index < -0.39 is 47.7 Å². The van der Waals surface area contributed by atoms with Crippen LogP contribution in [0.5, 0.6) is 0 Å². The first-order chi connectivity index (χ1) is 18.9. The summed E-state index contributed by atoms with van der Waals surface area (Å²) < 4.78 is 84.7. The number of ether oxygens (including phenoxy) is 1. The van der Waals surface area contributed by atoms with Crippen LogP contribution >= 0.6 is 0 Å². The quantitative estimate of drug-likeness (QED) is 0.218. The van der Waals surface area contributed by atoms with Gasteiger partial charge in [0, 0.05) is 12.3 Å². The first-order valence-electron chi connectivity index (χ1n) is 12.7. The van der Waals surface area contributed by atoms with Gasteiger partial charge in [-0.25, -0.2) is 4.79 Å². The largest absolute Gasteiger partial charge is 0.459 e. The summed E-state index contributed by atoms with van der Waals surface area (Å²) in [6.45, 7) is 0.0183. The maximum absolute atomic E-state index is 13.3. The second-order valence-electron chi connectivity index (χ2n) is 9.77. The third-order valence-corrected chi connectivity index (χ3v) is 6.94. The molecule has 3 aromatic carbocycles. The monoisotopic (exact) mass is 563 g/mol. The van der Waals surface area contributed by atoms with E-state index in [0.717, 1.165) is 5.56 Å². The number of hydrogen-bond acceptors (Lipinski definition) is 4. The van der Waals surface area contributed by atoms with E-state index in [4.69, 9.17) is 4.74 Å². The van der Waals surface area contributed by atoms with Crippen LogP contribution in [0.25, 0.3) is 0 Å². The zero-order valence-electron chi connectivity index (χ0n) is 21.3. The molecule has 40 heavy (non-hydrogen) atoms. The zero-order chi connectivity index (χ0) is 28.9. The minimum atomic E-state index is -5.01. The molecule has 1 aliphatic heterocycles. The molecule has 0 spiro atoms. The summed E-state index contributed by atoms with van der Waals surface area (Å²) in [7, 11) is 0. The van der Waals surface area contributed by atoms with Crippen molar-refractivity contribution in [2.75, 3.05) is 13.1 Å². The van der Waals surface area contributed by atoms with Gasteiger partial charge < -0.3 is 4.74 Å². The third kappa shape index (κ3) is 7.50. The lowest BCUT2D eigenvalue weighted by Crippen LogP contribution is -2.42. The SMILES string of the molecule is O=C(Cc1ccccc1)C1CCN(C(C(=O)OCc2cc(C(F)(F)F)cc(C(F)(F)F)c2)c2ccccc2)CC1. The summed E-state index contributed by atoms with van der Waals surface area (Å²) in [5.41, 5.74) is -1.89. The zero-order valence-corrected chi connectivity index (χ0v) is 21.3. The summed E-state index contributed by atoms with van der Waals surface area (Å²) >= 11 is 0. The van der Waals surface area contributed by atoms with Gasteiger partial charge in [-0.1, -0.05) is 60.7 Å². The van der Waals surface area contributed by atoms with E-state index in [9.17, 15) is 35.9 Å². The molecule has 0 N–H and O–H groups in total. The number of hydrogen-bond donors (Lipinski definition) is 0. The molecular formula is C30H27F6NO3. The molecule has 0 saturated carbocycles. The molecule has 0 aromatic heterocycles. The smallest absolute Gasteiger partial charge is 0.416 e. The number of esters is 1. The Bertz CT molecular complexity index is 1270. The number of Topliss-reactive ketones (excluding diaryl/α,β-unsaturated/α-hetero) is 1. The summed E-state index contributed by atoms with van der Waals surface area (Å²) in [5.74, 6) is -0.879. The van der Waals surface area contributed by atoms with Gasteiger partial charge in [0.2, 0.25) is 0 Å². The summed E-state index contributed by atoms with van der Waals surface area (Å²) in [6, 6.07) is 18.1. The Morgan fingerprint density at radius 1 is 0.775 bits per heavy atom. The van der Waals surface area contributed by atoms with Crippen molar-refractivity contribution < 1.29 is 40.7 Å². The van der Waals surface area contributed by atoms with Crippen LogP contribution in [0.15, 0.2) is 78.9 Å². The molecule has 0 aliphatic carbocycles. The minimum Gasteiger partial charge on any atom is -0.459 e. The number of piperidine rings is 1. The average molecular weight is 564 g/mol. The first-order valence-corrected chi connectivity index (χ1v) is 12.7. The van der Waals surface area contributed by atoms with E-state index in [-0.39, 0.29) is 17.8 Å². The normalized spacial score (nSPS) is 15.9. The molecule has 1 fully saturated rings. The van der Waals surface area contributed by atoms with Gasteiger partial charge in [0.1, 0.15) is 18.4 Å². The Kier molecular flexibility index (Phi) is 8.98. The molecule has 1 unspecified atom stereocenters. The molecule has 10 heteroatoms. The maximum atomic E-state index is 13.3. The third-order valence-electron chi connectivity index (χ3n) is 6.94. The number of benzene rings is 3. The van der Waals surface area contributed by atoms with E-state index >= 15 is 0 Å². The van der Waals surface area contributed by atoms with Gasteiger partial charge in [-0.2, -0.15) is 26.3 Å². The predicted octanol–water partition coefficient (Wildman–Crippen LogP) is 7.03. The lowest BCUT2D eigenvalue weighted by Gasteiger charge is -2.36. The molecule has 1 aliphatic rings. The molecule has 0 amide bonds. The standard InChI is InChI=1S/C30H27F6NO3/c31-29(32,33)24-15-21(16-25(18-24)30(34,35)36)19-40-28(39)27(23-9-5-2-6-10-23)37-13-11-22(12-14-37)26(38)17-20-7-3-1-4-8-20/h1-10,15-16,18,22,27H,11-14,17,19H2. The number of carbonyl (C=O) groups excluding carboxylic acids is 2. The van der Waals surface area contributed by atoms with E-state index in [0.29, 0.717) is 50.0 Å². The van der Waals surface area contributed by atoms with Crippen molar-refractivity contribution in [3.8, 4) is 0 Å². The summed E-state index contributed by atoms with van der Waals surface area (Å²) in [4.78, 5) is 27.9. The molecule has 1 atom stereocenters. The van der Waals surface area contributed by atoms with Crippen LogP contribution < -0.4 is 0 Å². The topological polar surface area (TPSA) is 46.6 Å². The van der Waals surface area contributed by atoms with Crippen LogP contribution in [-0.4, -0.2) is 29.7 Å². The predicted molar refractivity (Wildman–Crippen MR) is 135 cm³/mol. The van der Waals surface area contributed by atoms with Crippen LogP contribution in [0, 0.1) is 5.92 Å². The van der Waals surface area contributed by atoms with Gasteiger partial charge in [0.05, 0.1) is 11.1 Å². The minimum absolute atomic E-state index is 0.0291. The van der Waals surface area contributed by atoms with E-state index in [1.165, 1.54) is 0 Å². The summed E-state index contributed by atoms with van der Waals surface area (Å²) in [6.07, 6.45) is -8.69. The van der Waals surface area contributed by atoms with Crippen LogP contribution in [0.4, 0.5) is 26.3 Å². The molecule has 4 rings (SSSR count). The highest BCUT2D eigenvalue weighted by Crippen LogP contribution is 2.37. The van der Waals surface area contributed by atoms with Crippen LogP contribution in [0.2, 0.25) is 0 Å². The van der Waals surface area contributed by atoms with Crippen molar-refractivity contribution in [3.05, 3.63) is 107 Å². The summed E-state index contributed by atoms with van der Waals surface area (Å²) in [5, 5.41) is 0. The molecule has 1 saturated heterocycles. The Morgan fingerprint density at radius 3 is 1.82 bits per heavy atom. The maximum Gasteiger partial charge on any atom is 0.416 e. The molecule has 0 radical (unpaired) electrons. The van der Waals surface area contributed by atoms with Gasteiger partial charge in [-0.05, 0) is 60.8 Å². The van der Waals surface area contributed by atoms with Gasteiger partial charge in [0.25, 0.3) is 0 Å². The molecule has 0 bridgehead atoms. The number of alkyl halides is 6. The van der Waals surface area contributed by atoms with Gasteiger partial charge >= 0.3 is 18.3 Å². The second kappa shape index (κ2) is 12.2. The Morgan fingerprint density at radius 2 is 1.30 bits per heavy atom. The van der Waals surface area contributed by atoms with Crippen LogP contribution in [0.1, 0.15) is 46.7 Å². The Labute approximate surface area is 227 Å². The number of likely N-dealkylation sites (tertiary alicyclic amines) is 1. The number of nitrogens with zero attached hydrogens (tertiary/aromatic N) is 1. The molecular weight excluding hydrogens is 536 g/mol. The highest BCUT2D eigenvalue weighted by Gasteiger charge is 2.38. The highest BCUT2D eigenvalue weighted by atomic mass is 19.4. The van der Waals surface area contributed by atoms with E-state index in [2.05, 4.69) is 0 Å². The first kappa shape index (κ1) is 29.3. The fourth-order valence-electron chi connectivity index (χ4n) is 4.89. The van der Waals surface area contributed by atoms with E-state index in [1.807, 2.05) is 35.2 Å². The number of halogens is 6. The lowest BCUT2D eigenvalue weighted by molar-refractivity contribution is -0.152. The van der Waals surface area contributed by atoms with Crippen molar-refractivity contribution in [3.63, 3.8) is 0 Å². The highest BCUT2D eigenvalue weighted by molar-refractivity contribution is 5.83. The molecule has 212 valence electrons. The second-order valence-corrected chi connectivity index (χ2v) is 9.77. The number of rotatable bonds is 8. The van der Waals surface area contributed by atoms with Crippen LogP contribution in [0.3, 0.4) is 0 Å². The average Bonchev–Trinajstić information content (AvgIpc) is 2.92. The van der Waals surface area contributed by atoms with Crippen molar-refractivity contribution in [2.45, 2.75) is 44.3 Å². The fraction of sp³-hybridized carbons (Fsp3) is 0.333. The van der Waals surface area contributed by atoms with Gasteiger partial charge in [0.15, 0.2) is 0 Å². The van der Waals surface area contributed by atoms with Crippen molar-refractivity contribution in [1.29, 1.82) is 0 Å². The number of ketones is 1. The van der Waals surface area contributed by atoms with Crippen molar-refractivity contribution >= 4 is 11.8 Å². The Hall–Kier alpha value is -3.66. The molecule has 3 aromatic rings.